The highest BCUT2D eigenvalue weighted by atomic mass is 32.2. The van der Waals surface area contributed by atoms with Gasteiger partial charge in [0.2, 0.25) is 0 Å². The molecule has 0 unspecified atom stereocenters. The fourth-order valence-corrected chi connectivity index (χ4v) is 2.05. The third-order valence-electron chi connectivity index (χ3n) is 2.58. The maximum atomic E-state index is 8.93. The Kier molecular flexibility index (Phi) is 5.04. The number of rotatable bonds is 4. The van der Waals surface area contributed by atoms with E-state index < -0.39 is 0 Å². The van der Waals surface area contributed by atoms with E-state index in [1.54, 1.807) is 0 Å². The maximum absolute atomic E-state index is 8.93. The Morgan fingerprint density at radius 3 is 2.58 bits per heavy atom. The summed E-state index contributed by atoms with van der Waals surface area (Å²) in [6.45, 7) is 3.98. The van der Waals surface area contributed by atoms with Gasteiger partial charge in [0.15, 0.2) is 0 Å². The Hall–Kier alpha value is 0.270. The molecule has 1 heterocycles. The van der Waals surface area contributed by atoms with Crippen molar-refractivity contribution in [2.45, 2.75) is 12.8 Å². The smallest absolute Gasteiger partial charge is 0.0460 e. The Morgan fingerprint density at radius 2 is 2.08 bits per heavy atom. The minimum Gasteiger partial charge on any atom is -0.396 e. The van der Waals surface area contributed by atoms with Gasteiger partial charge in [-0.3, -0.25) is 0 Å². The minimum atomic E-state index is 0.385. The molecule has 1 aliphatic heterocycles. The first kappa shape index (κ1) is 10.4. The van der Waals surface area contributed by atoms with Gasteiger partial charge in [0.1, 0.15) is 0 Å². The fraction of sp³-hybridized carbons (Fsp3) is 1.00. The topological polar surface area (TPSA) is 23.5 Å². The van der Waals surface area contributed by atoms with Gasteiger partial charge < -0.3 is 10.0 Å². The van der Waals surface area contributed by atoms with E-state index in [1.807, 2.05) is 11.8 Å². The number of aliphatic hydroxyl groups is 1. The van der Waals surface area contributed by atoms with Crippen LogP contribution in [0.25, 0.3) is 0 Å². The molecule has 0 atom stereocenters. The lowest BCUT2D eigenvalue weighted by Gasteiger charge is -2.30. The summed E-state index contributed by atoms with van der Waals surface area (Å²) in [4.78, 5) is 2.50. The fourth-order valence-electron chi connectivity index (χ4n) is 1.61. The third-order valence-corrected chi connectivity index (χ3v) is 3.17. The van der Waals surface area contributed by atoms with Crippen LogP contribution in [0.15, 0.2) is 0 Å². The molecule has 2 nitrogen and oxygen atoms in total. The molecule has 0 aliphatic carbocycles. The molecule has 0 aromatic rings. The molecule has 0 aromatic heterocycles. The number of hydrogen-bond acceptors (Lipinski definition) is 3. The van der Waals surface area contributed by atoms with Gasteiger partial charge in [0.05, 0.1) is 0 Å². The zero-order valence-corrected chi connectivity index (χ0v) is 8.65. The summed E-state index contributed by atoms with van der Waals surface area (Å²) in [7, 11) is 0. The summed E-state index contributed by atoms with van der Waals surface area (Å²) in [5.41, 5.74) is 0. The first-order valence-electron chi connectivity index (χ1n) is 4.69. The van der Waals surface area contributed by atoms with Crippen LogP contribution < -0.4 is 0 Å². The molecule has 1 fully saturated rings. The Balaban J connectivity index is 2.09. The van der Waals surface area contributed by atoms with E-state index in [0.717, 1.165) is 0 Å². The van der Waals surface area contributed by atoms with Gasteiger partial charge >= 0.3 is 0 Å². The number of thioether (sulfide) groups is 1. The predicted molar refractivity (Wildman–Crippen MR) is 54.6 cm³/mol. The zero-order valence-electron chi connectivity index (χ0n) is 7.83. The maximum Gasteiger partial charge on any atom is 0.0460 e. The summed E-state index contributed by atoms with van der Waals surface area (Å²) in [5.74, 6) is 1.82. The zero-order chi connectivity index (χ0) is 8.81. The van der Waals surface area contributed by atoms with E-state index in [-0.39, 0.29) is 0 Å². The van der Waals surface area contributed by atoms with Crippen LogP contribution in [0, 0.1) is 5.92 Å². The number of likely N-dealkylation sites (tertiary alicyclic amines) is 1. The summed E-state index contributed by atoms with van der Waals surface area (Å²) in [6, 6.07) is 0. The second-order valence-electron chi connectivity index (χ2n) is 3.46. The monoisotopic (exact) mass is 189 g/mol. The van der Waals surface area contributed by atoms with Gasteiger partial charge in [-0.05, 0) is 38.1 Å². The van der Waals surface area contributed by atoms with E-state index in [0.29, 0.717) is 12.5 Å². The van der Waals surface area contributed by atoms with Crippen molar-refractivity contribution < 1.29 is 5.11 Å². The predicted octanol–water partition coefficient (Wildman–Crippen LogP) is 1.05. The average molecular weight is 189 g/mol. The summed E-state index contributed by atoms with van der Waals surface area (Å²) >= 11 is 1.91. The Bertz CT molecular complexity index is 113. The summed E-state index contributed by atoms with van der Waals surface area (Å²) < 4.78 is 0. The van der Waals surface area contributed by atoms with E-state index in [9.17, 15) is 0 Å². The van der Waals surface area contributed by atoms with Gasteiger partial charge in [-0.15, -0.1) is 0 Å². The summed E-state index contributed by atoms with van der Waals surface area (Å²) in [6.07, 6.45) is 4.52. The standard InChI is InChI=1S/C9H19NOS/c1-12-7-6-10-4-2-9(8-11)3-5-10/h9,11H,2-8H2,1H3. The first-order valence-corrected chi connectivity index (χ1v) is 6.08. The number of nitrogens with zero attached hydrogens (tertiary/aromatic N) is 1. The van der Waals surface area contributed by atoms with E-state index >= 15 is 0 Å². The molecule has 72 valence electrons. The Morgan fingerprint density at radius 1 is 1.42 bits per heavy atom. The lowest BCUT2D eigenvalue weighted by Crippen LogP contribution is -2.36. The highest BCUT2D eigenvalue weighted by Gasteiger charge is 2.17. The highest BCUT2D eigenvalue weighted by molar-refractivity contribution is 7.98. The number of piperidine rings is 1. The van der Waals surface area contributed by atoms with E-state index in [1.165, 1.54) is 38.2 Å². The molecule has 1 saturated heterocycles. The molecule has 12 heavy (non-hydrogen) atoms. The molecular weight excluding hydrogens is 170 g/mol. The third kappa shape index (κ3) is 3.33. The van der Waals surface area contributed by atoms with Crippen molar-refractivity contribution in [3.63, 3.8) is 0 Å². The van der Waals surface area contributed by atoms with Gasteiger partial charge in [0.25, 0.3) is 0 Å². The van der Waals surface area contributed by atoms with Crippen molar-refractivity contribution in [3.8, 4) is 0 Å². The molecule has 1 N–H and O–H groups in total. The van der Waals surface area contributed by atoms with Crippen LogP contribution in [-0.4, -0.2) is 48.3 Å². The van der Waals surface area contributed by atoms with Gasteiger partial charge in [-0.2, -0.15) is 11.8 Å². The lowest BCUT2D eigenvalue weighted by atomic mass is 9.98. The molecule has 0 spiro atoms. The molecule has 0 aromatic carbocycles. The van der Waals surface area contributed by atoms with Crippen LogP contribution in [-0.2, 0) is 0 Å². The molecule has 0 amide bonds. The minimum absolute atomic E-state index is 0.385. The molecule has 0 saturated carbocycles. The summed E-state index contributed by atoms with van der Waals surface area (Å²) in [5, 5.41) is 8.93. The van der Waals surface area contributed by atoms with Crippen LogP contribution >= 0.6 is 11.8 Å². The van der Waals surface area contributed by atoms with Crippen LogP contribution in [0.2, 0.25) is 0 Å². The van der Waals surface area contributed by atoms with E-state index in [4.69, 9.17) is 5.11 Å². The normalized spacial score (nSPS) is 21.5. The van der Waals surface area contributed by atoms with Crippen molar-refractivity contribution in [2.24, 2.45) is 5.92 Å². The quantitative estimate of drug-likeness (QED) is 0.715. The number of hydrogen-bond donors (Lipinski definition) is 1. The molecule has 0 bridgehead atoms. The van der Waals surface area contributed by atoms with Crippen LogP contribution in [0.4, 0.5) is 0 Å². The van der Waals surface area contributed by atoms with Crippen LogP contribution in [0.3, 0.4) is 0 Å². The molecular formula is C9H19NOS. The van der Waals surface area contributed by atoms with Gasteiger partial charge in [0, 0.05) is 18.9 Å². The molecule has 0 radical (unpaired) electrons. The average Bonchev–Trinajstić information content (AvgIpc) is 2.15. The van der Waals surface area contributed by atoms with E-state index in [2.05, 4.69) is 11.2 Å². The van der Waals surface area contributed by atoms with Crippen molar-refractivity contribution in [1.82, 2.24) is 4.90 Å². The highest BCUT2D eigenvalue weighted by Crippen LogP contribution is 2.16. The largest absolute Gasteiger partial charge is 0.396 e. The first-order chi connectivity index (χ1) is 5.86. The van der Waals surface area contributed by atoms with Gasteiger partial charge in [-0.25, -0.2) is 0 Å². The van der Waals surface area contributed by atoms with Crippen molar-refractivity contribution in [2.75, 3.05) is 38.2 Å². The number of aliphatic hydroxyl groups excluding tert-OH is 1. The molecule has 3 heteroatoms. The van der Waals surface area contributed by atoms with Crippen LogP contribution in [0.5, 0.6) is 0 Å². The molecule has 1 aliphatic rings. The van der Waals surface area contributed by atoms with Crippen LogP contribution in [0.1, 0.15) is 12.8 Å². The van der Waals surface area contributed by atoms with Crippen molar-refractivity contribution in [3.05, 3.63) is 0 Å². The van der Waals surface area contributed by atoms with Gasteiger partial charge in [-0.1, -0.05) is 0 Å². The second kappa shape index (κ2) is 5.84. The van der Waals surface area contributed by atoms with Crippen molar-refractivity contribution >= 4 is 11.8 Å². The molecule has 1 rings (SSSR count). The Labute approximate surface area is 79.3 Å². The SMILES string of the molecule is CSCCN1CCC(CO)CC1. The lowest BCUT2D eigenvalue weighted by molar-refractivity contribution is 0.136. The second-order valence-corrected chi connectivity index (χ2v) is 4.45. The van der Waals surface area contributed by atoms with Crippen molar-refractivity contribution in [1.29, 1.82) is 0 Å².